The maximum Gasteiger partial charge on any atom is 0.0241 e. The van der Waals surface area contributed by atoms with Crippen molar-refractivity contribution in [3.8, 4) is 12.3 Å². The van der Waals surface area contributed by atoms with E-state index in [9.17, 15) is 0 Å². The van der Waals surface area contributed by atoms with Gasteiger partial charge in [0.1, 0.15) is 0 Å². The minimum atomic E-state index is 0.285. The van der Waals surface area contributed by atoms with Crippen LogP contribution >= 0.6 is 0 Å². The van der Waals surface area contributed by atoms with Crippen molar-refractivity contribution in [1.82, 2.24) is 0 Å². The van der Waals surface area contributed by atoms with Crippen LogP contribution in [-0.4, -0.2) is 6.04 Å². The summed E-state index contributed by atoms with van der Waals surface area (Å²) in [5.74, 6) is 5.46. The van der Waals surface area contributed by atoms with Crippen LogP contribution in [0.1, 0.15) is 25.7 Å². The van der Waals surface area contributed by atoms with Crippen LogP contribution in [0.4, 0.5) is 0 Å². The van der Waals surface area contributed by atoms with Crippen molar-refractivity contribution in [2.75, 3.05) is 0 Å². The van der Waals surface area contributed by atoms with Gasteiger partial charge >= 0.3 is 0 Å². The molecule has 2 aliphatic rings. The first-order chi connectivity index (χ1) is 5.31. The molecule has 2 rings (SSSR count). The molecule has 0 radical (unpaired) electrons. The molecule has 0 aromatic carbocycles. The minimum absolute atomic E-state index is 0.285. The van der Waals surface area contributed by atoms with Crippen LogP contribution < -0.4 is 5.73 Å². The Labute approximate surface area is 68.4 Å². The van der Waals surface area contributed by atoms with E-state index in [-0.39, 0.29) is 6.04 Å². The number of rotatable bonds is 2. The molecular formula is C10H15N. The Hall–Kier alpha value is -0.480. The van der Waals surface area contributed by atoms with E-state index in [1.807, 2.05) is 0 Å². The van der Waals surface area contributed by atoms with E-state index >= 15 is 0 Å². The van der Waals surface area contributed by atoms with Crippen molar-refractivity contribution in [2.24, 2.45) is 23.5 Å². The molecule has 0 bridgehead atoms. The van der Waals surface area contributed by atoms with Crippen LogP contribution in [-0.2, 0) is 0 Å². The number of nitrogens with two attached hydrogens (primary N) is 1. The highest BCUT2D eigenvalue weighted by Crippen LogP contribution is 2.55. The summed E-state index contributed by atoms with van der Waals surface area (Å²) in [6, 6.07) is 0.285. The molecule has 1 heteroatoms. The predicted octanol–water partition coefficient (Wildman–Crippen LogP) is 1.38. The Kier molecular flexibility index (Phi) is 1.65. The standard InChI is InChI=1S/C10H15N/c1-2-3-10(11)9-5-7-4-8(7)6-9/h1,7-10H,3-6,11H2. The van der Waals surface area contributed by atoms with Gasteiger partial charge in [0.25, 0.3) is 0 Å². The first-order valence-electron chi connectivity index (χ1n) is 4.50. The maximum atomic E-state index is 5.93. The smallest absolute Gasteiger partial charge is 0.0241 e. The topological polar surface area (TPSA) is 26.0 Å². The lowest BCUT2D eigenvalue weighted by Crippen LogP contribution is -2.28. The van der Waals surface area contributed by atoms with Crippen molar-refractivity contribution >= 4 is 0 Å². The van der Waals surface area contributed by atoms with Gasteiger partial charge in [0.05, 0.1) is 0 Å². The van der Waals surface area contributed by atoms with Crippen LogP contribution in [0, 0.1) is 30.1 Å². The van der Waals surface area contributed by atoms with E-state index in [0.29, 0.717) is 0 Å². The number of hydrogen-bond acceptors (Lipinski definition) is 1. The molecule has 0 aromatic rings. The minimum Gasteiger partial charge on any atom is -0.327 e. The van der Waals surface area contributed by atoms with E-state index in [2.05, 4.69) is 5.92 Å². The van der Waals surface area contributed by atoms with Crippen LogP contribution in [0.25, 0.3) is 0 Å². The van der Waals surface area contributed by atoms with E-state index in [1.165, 1.54) is 19.3 Å². The quantitative estimate of drug-likeness (QED) is 0.590. The fraction of sp³-hybridized carbons (Fsp3) is 0.800. The lowest BCUT2D eigenvalue weighted by Gasteiger charge is -2.17. The van der Waals surface area contributed by atoms with Gasteiger partial charge in [-0.1, -0.05) is 0 Å². The summed E-state index contributed by atoms with van der Waals surface area (Å²) >= 11 is 0. The van der Waals surface area contributed by atoms with Crippen molar-refractivity contribution in [3.63, 3.8) is 0 Å². The van der Waals surface area contributed by atoms with Crippen LogP contribution in [0.15, 0.2) is 0 Å². The van der Waals surface area contributed by atoms with E-state index in [4.69, 9.17) is 12.2 Å². The second-order valence-electron chi connectivity index (χ2n) is 4.06. The summed E-state index contributed by atoms with van der Waals surface area (Å²) in [6.07, 6.45) is 10.2. The highest BCUT2D eigenvalue weighted by molar-refractivity contribution is 5.01. The molecule has 2 fully saturated rings. The fourth-order valence-electron chi connectivity index (χ4n) is 2.41. The molecule has 0 aliphatic heterocycles. The second-order valence-corrected chi connectivity index (χ2v) is 4.06. The molecule has 0 amide bonds. The average molecular weight is 149 g/mol. The van der Waals surface area contributed by atoms with Gasteiger partial charge in [-0.15, -0.1) is 12.3 Å². The lowest BCUT2D eigenvalue weighted by atomic mass is 9.93. The highest BCUT2D eigenvalue weighted by Gasteiger charge is 2.46. The normalized spacial score (nSPS) is 42.7. The van der Waals surface area contributed by atoms with Gasteiger partial charge in [0.2, 0.25) is 0 Å². The molecule has 3 unspecified atom stereocenters. The molecule has 1 nitrogen and oxygen atoms in total. The summed E-state index contributed by atoms with van der Waals surface area (Å²) in [5.41, 5.74) is 5.93. The molecule has 2 N–H and O–H groups in total. The lowest BCUT2D eigenvalue weighted by molar-refractivity contribution is 0.399. The first kappa shape index (κ1) is 7.18. The summed E-state index contributed by atoms with van der Waals surface area (Å²) in [5, 5.41) is 0. The SMILES string of the molecule is C#CCC(N)C1CC2CC2C1. The van der Waals surface area contributed by atoms with Crippen molar-refractivity contribution in [1.29, 1.82) is 0 Å². The van der Waals surface area contributed by atoms with Gasteiger partial charge < -0.3 is 5.73 Å². The van der Waals surface area contributed by atoms with Gasteiger partial charge in [-0.2, -0.15) is 0 Å². The third kappa shape index (κ3) is 1.28. The number of fused-ring (bicyclic) bond motifs is 1. The largest absolute Gasteiger partial charge is 0.327 e. The molecule has 0 saturated heterocycles. The third-order valence-electron chi connectivity index (χ3n) is 3.24. The second kappa shape index (κ2) is 2.53. The van der Waals surface area contributed by atoms with E-state index < -0.39 is 0 Å². The van der Waals surface area contributed by atoms with Crippen molar-refractivity contribution in [2.45, 2.75) is 31.7 Å². The molecule has 0 spiro atoms. The van der Waals surface area contributed by atoms with Crippen LogP contribution in [0.2, 0.25) is 0 Å². The summed E-state index contributed by atoms with van der Waals surface area (Å²) in [4.78, 5) is 0. The Balaban J connectivity index is 1.83. The van der Waals surface area contributed by atoms with Gasteiger partial charge in [-0.3, -0.25) is 0 Å². The van der Waals surface area contributed by atoms with Gasteiger partial charge in [-0.25, -0.2) is 0 Å². The van der Waals surface area contributed by atoms with Gasteiger partial charge in [0.15, 0.2) is 0 Å². The predicted molar refractivity (Wildman–Crippen MR) is 45.7 cm³/mol. The first-order valence-corrected chi connectivity index (χ1v) is 4.50. The zero-order chi connectivity index (χ0) is 7.84. The molecule has 0 aromatic heterocycles. The van der Waals surface area contributed by atoms with Gasteiger partial charge in [-0.05, 0) is 37.0 Å². The van der Waals surface area contributed by atoms with Crippen LogP contribution in [0.3, 0.4) is 0 Å². The Morgan fingerprint density at radius 3 is 2.55 bits per heavy atom. The zero-order valence-electron chi connectivity index (χ0n) is 6.79. The van der Waals surface area contributed by atoms with E-state index in [1.54, 1.807) is 0 Å². The molecule has 2 aliphatic carbocycles. The van der Waals surface area contributed by atoms with Gasteiger partial charge in [0, 0.05) is 12.5 Å². The summed E-state index contributed by atoms with van der Waals surface area (Å²) in [6.45, 7) is 0. The Morgan fingerprint density at radius 1 is 1.36 bits per heavy atom. The monoisotopic (exact) mass is 149 g/mol. The molecule has 11 heavy (non-hydrogen) atoms. The molecule has 0 heterocycles. The molecular weight excluding hydrogens is 134 g/mol. The zero-order valence-corrected chi connectivity index (χ0v) is 6.79. The van der Waals surface area contributed by atoms with Crippen molar-refractivity contribution in [3.05, 3.63) is 0 Å². The Bertz CT molecular complexity index is 182. The van der Waals surface area contributed by atoms with Crippen LogP contribution in [0.5, 0.6) is 0 Å². The number of terminal acetylenes is 1. The third-order valence-corrected chi connectivity index (χ3v) is 3.24. The molecule has 2 saturated carbocycles. The molecule has 60 valence electrons. The fourth-order valence-corrected chi connectivity index (χ4v) is 2.41. The average Bonchev–Trinajstić information content (AvgIpc) is 2.59. The summed E-state index contributed by atoms with van der Waals surface area (Å²) in [7, 11) is 0. The number of hydrogen-bond donors (Lipinski definition) is 1. The Morgan fingerprint density at radius 2 is 2.00 bits per heavy atom. The summed E-state index contributed by atoms with van der Waals surface area (Å²) < 4.78 is 0. The maximum absolute atomic E-state index is 5.93. The van der Waals surface area contributed by atoms with Crippen molar-refractivity contribution < 1.29 is 0 Å². The highest BCUT2D eigenvalue weighted by atomic mass is 14.7. The van der Waals surface area contributed by atoms with E-state index in [0.717, 1.165) is 24.2 Å². The molecule has 3 atom stereocenters.